The summed E-state index contributed by atoms with van der Waals surface area (Å²) in [6, 6.07) is 10.4. The Labute approximate surface area is 142 Å². The van der Waals surface area contributed by atoms with Crippen molar-refractivity contribution in [1.82, 2.24) is 4.98 Å². The Morgan fingerprint density at radius 3 is 2.50 bits per heavy atom. The maximum Gasteiger partial charge on any atom is 0.151 e. The van der Waals surface area contributed by atoms with Crippen molar-refractivity contribution in [3.8, 4) is 6.07 Å². The van der Waals surface area contributed by atoms with E-state index in [0.717, 1.165) is 22.6 Å². The zero-order valence-corrected chi connectivity index (χ0v) is 14.5. The topological polar surface area (TPSA) is 70.0 Å². The zero-order chi connectivity index (χ0) is 17.3. The number of pyridine rings is 1. The van der Waals surface area contributed by atoms with Gasteiger partial charge in [-0.05, 0) is 38.5 Å². The predicted molar refractivity (Wildman–Crippen MR) is 95.5 cm³/mol. The molecule has 0 atom stereocenters. The summed E-state index contributed by atoms with van der Waals surface area (Å²) in [4.78, 5) is 4.62. The van der Waals surface area contributed by atoms with Crippen LogP contribution in [0.1, 0.15) is 36.1 Å². The van der Waals surface area contributed by atoms with Crippen LogP contribution in [0, 0.1) is 18.3 Å². The van der Waals surface area contributed by atoms with Crippen LogP contribution in [0.4, 0.5) is 17.3 Å². The Hall–Kier alpha value is -2.58. The summed E-state index contributed by atoms with van der Waals surface area (Å²) in [5.41, 5.74) is 4.41. The van der Waals surface area contributed by atoms with E-state index < -0.39 is 0 Å². The third-order valence-corrected chi connectivity index (χ3v) is 4.28. The lowest BCUT2D eigenvalue weighted by Gasteiger charge is -2.33. The van der Waals surface area contributed by atoms with Gasteiger partial charge in [-0.2, -0.15) is 5.26 Å². The smallest absolute Gasteiger partial charge is 0.151 e. The minimum absolute atomic E-state index is 0.286. The highest BCUT2D eigenvalue weighted by Crippen LogP contribution is 2.36. The molecule has 1 aliphatic heterocycles. The minimum Gasteiger partial charge on any atom is -0.373 e. The number of hydrogen-bond acceptors (Lipinski definition) is 5. The molecule has 0 unspecified atom stereocenters. The fourth-order valence-electron chi connectivity index (χ4n) is 2.96. The van der Waals surface area contributed by atoms with E-state index in [1.165, 1.54) is 5.56 Å². The van der Waals surface area contributed by atoms with E-state index in [1.807, 2.05) is 52.1 Å². The molecule has 2 heterocycles. The van der Waals surface area contributed by atoms with Crippen LogP contribution >= 0.6 is 0 Å². The van der Waals surface area contributed by atoms with Gasteiger partial charge in [0.2, 0.25) is 0 Å². The van der Waals surface area contributed by atoms with E-state index in [9.17, 15) is 5.26 Å². The van der Waals surface area contributed by atoms with Crippen LogP contribution in [0.2, 0.25) is 0 Å². The first-order valence-electron chi connectivity index (χ1n) is 8.05. The Kier molecular flexibility index (Phi) is 4.16. The van der Waals surface area contributed by atoms with Crippen LogP contribution < -0.4 is 10.6 Å². The molecule has 1 aromatic heterocycles. The van der Waals surface area contributed by atoms with Gasteiger partial charge >= 0.3 is 0 Å². The number of rotatable bonds is 3. The first-order chi connectivity index (χ1) is 11.4. The van der Waals surface area contributed by atoms with E-state index in [0.29, 0.717) is 24.4 Å². The molecular formula is C19H22N4O. The van der Waals surface area contributed by atoms with E-state index in [1.54, 1.807) is 0 Å². The lowest BCUT2D eigenvalue weighted by atomic mass is 9.89. The molecule has 24 heavy (non-hydrogen) atoms. The molecule has 0 amide bonds. The van der Waals surface area contributed by atoms with Gasteiger partial charge in [0.15, 0.2) is 5.82 Å². The second kappa shape index (κ2) is 6.14. The van der Waals surface area contributed by atoms with E-state index in [2.05, 4.69) is 21.7 Å². The molecule has 0 saturated heterocycles. The van der Waals surface area contributed by atoms with Gasteiger partial charge in [-0.3, -0.25) is 0 Å². The molecule has 0 spiro atoms. The van der Waals surface area contributed by atoms with Gasteiger partial charge in [-0.25, -0.2) is 4.98 Å². The number of aryl methyl sites for hydroxylation is 1. The molecule has 0 radical (unpaired) electrons. The largest absolute Gasteiger partial charge is 0.373 e. The van der Waals surface area contributed by atoms with Crippen LogP contribution in [0.15, 0.2) is 24.3 Å². The van der Waals surface area contributed by atoms with E-state index in [-0.39, 0.29) is 5.60 Å². The number of ether oxygens (including phenoxy) is 1. The average Bonchev–Trinajstić information content (AvgIpc) is 2.55. The summed E-state index contributed by atoms with van der Waals surface area (Å²) < 4.78 is 5.90. The summed E-state index contributed by atoms with van der Waals surface area (Å²) in [5, 5.41) is 16.2. The summed E-state index contributed by atoms with van der Waals surface area (Å²) >= 11 is 0. The fourth-order valence-corrected chi connectivity index (χ4v) is 2.96. The number of fused-ring (bicyclic) bond motifs is 1. The van der Waals surface area contributed by atoms with Gasteiger partial charge < -0.3 is 15.4 Å². The van der Waals surface area contributed by atoms with Gasteiger partial charge in [0, 0.05) is 24.7 Å². The van der Waals surface area contributed by atoms with Gasteiger partial charge in [-0.15, -0.1) is 0 Å². The standard InChI is InChI=1S/C19H22N4O/c1-12-5-7-13(8-6-12)22-18-15(10-20)14-9-19(2,3)24-11-16(14)17(21-4)23-18/h5-8H,9,11H2,1-4H3,(H2,21,22,23). The molecule has 1 aromatic carbocycles. The number of benzene rings is 1. The Bertz CT molecular complexity index is 804. The predicted octanol–water partition coefficient (Wildman–Crippen LogP) is 3.90. The van der Waals surface area contributed by atoms with Crippen molar-refractivity contribution >= 4 is 17.3 Å². The molecule has 0 aliphatic carbocycles. The zero-order valence-electron chi connectivity index (χ0n) is 14.5. The number of anilines is 3. The van der Waals surface area contributed by atoms with Crippen LogP contribution in [-0.2, 0) is 17.8 Å². The quantitative estimate of drug-likeness (QED) is 0.897. The average molecular weight is 322 g/mol. The molecule has 0 fully saturated rings. The molecule has 3 rings (SSSR count). The van der Waals surface area contributed by atoms with Crippen LogP contribution in [0.25, 0.3) is 0 Å². The van der Waals surface area contributed by atoms with Gasteiger partial charge in [0.1, 0.15) is 11.9 Å². The van der Waals surface area contributed by atoms with Gasteiger partial charge in [0.25, 0.3) is 0 Å². The number of hydrogen-bond donors (Lipinski definition) is 2. The fraction of sp³-hybridized carbons (Fsp3) is 0.368. The first-order valence-corrected chi connectivity index (χ1v) is 8.05. The van der Waals surface area contributed by atoms with Crippen LogP contribution in [-0.4, -0.2) is 17.6 Å². The van der Waals surface area contributed by atoms with E-state index >= 15 is 0 Å². The van der Waals surface area contributed by atoms with Gasteiger partial charge in [0.05, 0.1) is 17.8 Å². The van der Waals surface area contributed by atoms with Crippen molar-refractivity contribution in [2.24, 2.45) is 0 Å². The monoisotopic (exact) mass is 322 g/mol. The number of aromatic nitrogens is 1. The van der Waals surface area contributed by atoms with Crippen molar-refractivity contribution in [3.05, 3.63) is 46.5 Å². The SMILES string of the molecule is CNc1nc(Nc2ccc(C)cc2)c(C#N)c2c1COC(C)(C)C2. The highest BCUT2D eigenvalue weighted by atomic mass is 16.5. The summed E-state index contributed by atoms with van der Waals surface area (Å²) in [6.45, 7) is 6.60. The van der Waals surface area contributed by atoms with Crippen LogP contribution in [0.5, 0.6) is 0 Å². The van der Waals surface area contributed by atoms with Crippen molar-refractivity contribution in [3.63, 3.8) is 0 Å². The van der Waals surface area contributed by atoms with Crippen molar-refractivity contribution in [2.45, 2.75) is 39.4 Å². The minimum atomic E-state index is -0.286. The molecule has 124 valence electrons. The van der Waals surface area contributed by atoms with Crippen molar-refractivity contribution in [2.75, 3.05) is 17.7 Å². The highest BCUT2D eigenvalue weighted by Gasteiger charge is 2.31. The van der Waals surface area contributed by atoms with E-state index in [4.69, 9.17) is 4.74 Å². The third kappa shape index (κ3) is 3.06. The lowest BCUT2D eigenvalue weighted by Crippen LogP contribution is -2.33. The van der Waals surface area contributed by atoms with Gasteiger partial charge in [-0.1, -0.05) is 17.7 Å². The number of nitriles is 1. The first kappa shape index (κ1) is 16.3. The van der Waals surface area contributed by atoms with Crippen LogP contribution in [0.3, 0.4) is 0 Å². The molecule has 5 nitrogen and oxygen atoms in total. The third-order valence-electron chi connectivity index (χ3n) is 4.28. The Morgan fingerprint density at radius 1 is 1.17 bits per heavy atom. The molecule has 0 saturated carbocycles. The number of nitrogens with one attached hydrogen (secondary N) is 2. The lowest BCUT2D eigenvalue weighted by molar-refractivity contribution is -0.0399. The summed E-state index contributed by atoms with van der Waals surface area (Å²) in [7, 11) is 1.84. The molecule has 5 heteroatoms. The Morgan fingerprint density at radius 2 is 1.88 bits per heavy atom. The molecule has 2 aromatic rings. The molecular weight excluding hydrogens is 300 g/mol. The molecule has 0 bridgehead atoms. The Balaban J connectivity index is 2.09. The number of nitrogens with zero attached hydrogens (tertiary/aromatic N) is 2. The highest BCUT2D eigenvalue weighted by molar-refractivity contribution is 5.70. The van der Waals surface area contributed by atoms with Crippen molar-refractivity contribution in [1.29, 1.82) is 5.26 Å². The maximum atomic E-state index is 9.74. The second-order valence-corrected chi connectivity index (χ2v) is 6.72. The summed E-state index contributed by atoms with van der Waals surface area (Å²) in [6.07, 6.45) is 0.686. The normalized spacial score (nSPS) is 15.3. The second-order valence-electron chi connectivity index (χ2n) is 6.72. The molecule has 2 N–H and O–H groups in total. The molecule has 1 aliphatic rings. The summed E-state index contributed by atoms with van der Waals surface area (Å²) in [5.74, 6) is 1.34. The van der Waals surface area contributed by atoms with Crippen molar-refractivity contribution < 1.29 is 4.74 Å². The maximum absolute atomic E-state index is 9.74.